The van der Waals surface area contributed by atoms with Gasteiger partial charge in [0.15, 0.2) is 0 Å². The molecular weight excluding hydrogens is 184 g/mol. The second-order valence-electron chi connectivity index (χ2n) is 3.34. The van der Waals surface area contributed by atoms with Crippen molar-refractivity contribution in [3.05, 3.63) is 0 Å². The highest BCUT2D eigenvalue weighted by Crippen LogP contribution is 2.07. The number of aliphatic hydroxyl groups is 2. The van der Waals surface area contributed by atoms with Crippen molar-refractivity contribution < 1.29 is 19.7 Å². The van der Waals surface area contributed by atoms with Gasteiger partial charge in [-0.15, -0.1) is 0 Å². The number of aliphatic hydroxyl groups excluding tert-OH is 2. The monoisotopic (exact) mass is 204 g/mol. The lowest BCUT2D eigenvalue weighted by molar-refractivity contribution is -0.152. The molecule has 0 fully saturated rings. The molecule has 0 aromatic carbocycles. The van der Waals surface area contributed by atoms with Gasteiger partial charge in [0, 0.05) is 12.8 Å². The molecule has 0 spiro atoms. The largest absolute Gasteiger partial charge is 0.460 e. The molecule has 0 saturated carbocycles. The molecule has 0 aromatic heterocycles. The predicted molar refractivity (Wildman–Crippen MR) is 52.8 cm³/mol. The van der Waals surface area contributed by atoms with Crippen LogP contribution in [0.2, 0.25) is 0 Å². The van der Waals surface area contributed by atoms with Crippen molar-refractivity contribution in [2.75, 3.05) is 6.61 Å². The van der Waals surface area contributed by atoms with Gasteiger partial charge in [-0.2, -0.15) is 0 Å². The third kappa shape index (κ3) is 5.94. The zero-order chi connectivity index (χ0) is 11.0. The Balaban J connectivity index is 3.83. The zero-order valence-electron chi connectivity index (χ0n) is 8.90. The van der Waals surface area contributed by atoms with Crippen LogP contribution in [0.15, 0.2) is 0 Å². The van der Waals surface area contributed by atoms with Crippen LogP contribution in [0.3, 0.4) is 0 Å². The van der Waals surface area contributed by atoms with Gasteiger partial charge >= 0.3 is 5.97 Å². The summed E-state index contributed by atoms with van der Waals surface area (Å²) < 4.78 is 4.96. The third-order valence-electron chi connectivity index (χ3n) is 1.96. The van der Waals surface area contributed by atoms with E-state index in [0.29, 0.717) is 19.3 Å². The summed E-state index contributed by atoms with van der Waals surface area (Å²) >= 11 is 0. The van der Waals surface area contributed by atoms with Crippen molar-refractivity contribution in [1.82, 2.24) is 0 Å². The average Bonchev–Trinajstić information content (AvgIpc) is 2.16. The molecule has 2 atom stereocenters. The van der Waals surface area contributed by atoms with Gasteiger partial charge in [0.2, 0.25) is 0 Å². The summed E-state index contributed by atoms with van der Waals surface area (Å²) in [6.45, 7) is 3.50. The van der Waals surface area contributed by atoms with Crippen molar-refractivity contribution in [1.29, 1.82) is 0 Å². The molecule has 4 heteroatoms. The Morgan fingerprint density at radius 3 is 2.50 bits per heavy atom. The number of carbonyl (C=O) groups excluding carboxylic acids is 1. The van der Waals surface area contributed by atoms with E-state index in [1.807, 2.05) is 13.8 Å². The van der Waals surface area contributed by atoms with E-state index in [1.165, 1.54) is 0 Å². The molecular formula is C10H20O4. The molecule has 0 bridgehead atoms. The smallest absolute Gasteiger partial charge is 0.306 e. The normalized spacial score (nSPS) is 14.9. The summed E-state index contributed by atoms with van der Waals surface area (Å²) in [4.78, 5) is 11.1. The molecule has 84 valence electrons. The van der Waals surface area contributed by atoms with Crippen molar-refractivity contribution in [3.8, 4) is 0 Å². The summed E-state index contributed by atoms with van der Waals surface area (Å²) in [7, 11) is 0. The van der Waals surface area contributed by atoms with Crippen LogP contribution < -0.4 is 0 Å². The fourth-order valence-electron chi connectivity index (χ4n) is 1.08. The van der Waals surface area contributed by atoms with E-state index in [9.17, 15) is 9.90 Å². The van der Waals surface area contributed by atoms with Gasteiger partial charge in [-0.05, 0) is 12.8 Å². The number of rotatable bonds is 7. The Hall–Kier alpha value is -0.610. The van der Waals surface area contributed by atoms with Crippen molar-refractivity contribution >= 4 is 5.97 Å². The van der Waals surface area contributed by atoms with Gasteiger partial charge in [-0.3, -0.25) is 4.79 Å². The van der Waals surface area contributed by atoms with Gasteiger partial charge in [-0.25, -0.2) is 0 Å². The molecule has 0 amide bonds. The molecule has 0 aliphatic carbocycles. The number of hydrogen-bond acceptors (Lipinski definition) is 4. The van der Waals surface area contributed by atoms with Crippen LogP contribution in [0.5, 0.6) is 0 Å². The molecule has 2 N–H and O–H groups in total. The second kappa shape index (κ2) is 7.76. The van der Waals surface area contributed by atoms with E-state index in [-0.39, 0.29) is 12.6 Å². The minimum atomic E-state index is -0.566. The van der Waals surface area contributed by atoms with E-state index in [2.05, 4.69) is 0 Å². The minimum absolute atomic E-state index is 0.230. The summed E-state index contributed by atoms with van der Waals surface area (Å²) in [6, 6.07) is 0. The molecule has 0 aliphatic rings. The Morgan fingerprint density at radius 1 is 1.43 bits per heavy atom. The topological polar surface area (TPSA) is 66.8 Å². The first-order valence-electron chi connectivity index (χ1n) is 5.12. The third-order valence-corrected chi connectivity index (χ3v) is 1.96. The molecule has 0 rings (SSSR count). The van der Waals surface area contributed by atoms with Crippen LogP contribution in [-0.2, 0) is 9.53 Å². The van der Waals surface area contributed by atoms with E-state index in [0.717, 1.165) is 6.42 Å². The maximum absolute atomic E-state index is 11.1. The molecule has 0 radical (unpaired) electrons. The number of ether oxygens (including phenoxy) is 1. The van der Waals surface area contributed by atoms with Crippen LogP contribution in [0.1, 0.15) is 39.5 Å². The number of carbonyl (C=O) groups is 1. The molecule has 0 saturated heterocycles. The van der Waals surface area contributed by atoms with Crippen molar-refractivity contribution in [3.63, 3.8) is 0 Å². The predicted octanol–water partition coefficient (Wildman–Crippen LogP) is 0.852. The molecule has 0 aromatic rings. The highest BCUT2D eigenvalue weighted by molar-refractivity contribution is 5.69. The minimum Gasteiger partial charge on any atom is -0.460 e. The standard InChI is InChI=1S/C10H20O4/c1-3-5-10(13)14-9(7-11)6-8(12)4-2/h8-9,11-12H,3-7H2,1-2H3. The lowest BCUT2D eigenvalue weighted by atomic mass is 10.1. The maximum Gasteiger partial charge on any atom is 0.306 e. The molecule has 14 heavy (non-hydrogen) atoms. The second-order valence-corrected chi connectivity index (χ2v) is 3.34. The molecule has 0 heterocycles. The fraction of sp³-hybridized carbons (Fsp3) is 0.900. The number of hydrogen-bond donors (Lipinski definition) is 2. The van der Waals surface area contributed by atoms with Crippen LogP contribution in [0.25, 0.3) is 0 Å². The maximum atomic E-state index is 11.1. The van der Waals surface area contributed by atoms with Crippen LogP contribution in [-0.4, -0.2) is 35.0 Å². The fourth-order valence-corrected chi connectivity index (χ4v) is 1.08. The van der Waals surface area contributed by atoms with Crippen molar-refractivity contribution in [2.24, 2.45) is 0 Å². The van der Waals surface area contributed by atoms with Gasteiger partial charge in [0.05, 0.1) is 12.7 Å². The average molecular weight is 204 g/mol. The Bertz CT molecular complexity index is 158. The summed E-state index contributed by atoms with van der Waals surface area (Å²) in [5.74, 6) is -0.310. The Morgan fingerprint density at radius 2 is 2.07 bits per heavy atom. The van der Waals surface area contributed by atoms with Gasteiger partial charge in [-0.1, -0.05) is 13.8 Å². The summed E-state index contributed by atoms with van der Waals surface area (Å²) in [6.07, 6.45) is 0.918. The van der Waals surface area contributed by atoms with Crippen LogP contribution in [0, 0.1) is 0 Å². The zero-order valence-corrected chi connectivity index (χ0v) is 8.90. The highest BCUT2D eigenvalue weighted by atomic mass is 16.6. The van der Waals surface area contributed by atoms with Crippen LogP contribution >= 0.6 is 0 Å². The molecule has 2 unspecified atom stereocenters. The lowest BCUT2D eigenvalue weighted by Crippen LogP contribution is -2.26. The van der Waals surface area contributed by atoms with Crippen LogP contribution in [0.4, 0.5) is 0 Å². The van der Waals surface area contributed by atoms with Gasteiger partial charge in [0.25, 0.3) is 0 Å². The van der Waals surface area contributed by atoms with Gasteiger partial charge < -0.3 is 14.9 Å². The molecule has 0 aliphatic heterocycles. The van der Waals surface area contributed by atoms with Crippen molar-refractivity contribution in [2.45, 2.75) is 51.7 Å². The first-order chi connectivity index (χ1) is 6.63. The Kier molecular flexibility index (Phi) is 7.42. The lowest BCUT2D eigenvalue weighted by Gasteiger charge is -2.17. The van der Waals surface area contributed by atoms with Gasteiger partial charge in [0.1, 0.15) is 6.10 Å². The van der Waals surface area contributed by atoms with E-state index < -0.39 is 12.2 Å². The SMILES string of the molecule is CCCC(=O)OC(CO)CC(O)CC. The first kappa shape index (κ1) is 13.4. The quantitative estimate of drug-likeness (QED) is 0.603. The Labute approximate surface area is 84.9 Å². The van der Waals surface area contributed by atoms with E-state index >= 15 is 0 Å². The molecule has 4 nitrogen and oxygen atoms in total. The van der Waals surface area contributed by atoms with E-state index in [4.69, 9.17) is 9.84 Å². The number of esters is 1. The van der Waals surface area contributed by atoms with E-state index in [1.54, 1.807) is 0 Å². The summed E-state index contributed by atoms with van der Waals surface area (Å²) in [5.41, 5.74) is 0. The summed E-state index contributed by atoms with van der Waals surface area (Å²) in [5, 5.41) is 18.2. The first-order valence-corrected chi connectivity index (χ1v) is 5.12. The highest BCUT2D eigenvalue weighted by Gasteiger charge is 2.16.